The van der Waals surface area contributed by atoms with Crippen molar-refractivity contribution in [3.8, 4) is 0 Å². The summed E-state index contributed by atoms with van der Waals surface area (Å²) in [5, 5.41) is 19.4. The van der Waals surface area contributed by atoms with Crippen molar-refractivity contribution in [3.05, 3.63) is 53.0 Å². The van der Waals surface area contributed by atoms with Crippen molar-refractivity contribution in [2.24, 2.45) is 0 Å². The van der Waals surface area contributed by atoms with E-state index in [0.29, 0.717) is 5.56 Å². The van der Waals surface area contributed by atoms with Crippen molar-refractivity contribution in [2.45, 2.75) is 71.9 Å². The minimum Gasteiger partial charge on any atom is -0.538 e. The maximum absolute atomic E-state index is 12.0. The number of aromatic nitrogens is 1. The molecule has 0 aliphatic heterocycles. The minimum absolute atomic E-state index is 0.0305. The van der Waals surface area contributed by atoms with E-state index in [1.807, 2.05) is 13.1 Å². The molecule has 0 aromatic carbocycles. The number of rotatable bonds is 6. The van der Waals surface area contributed by atoms with Crippen molar-refractivity contribution >= 4 is 14.4 Å². The summed E-state index contributed by atoms with van der Waals surface area (Å²) in [5.74, 6) is -0.593. The molecule has 160 valence electrons. The Balaban J connectivity index is 2.85. The third kappa shape index (κ3) is 6.98. The average Bonchev–Trinajstić information content (AvgIpc) is 2.99. The normalized spacial score (nSPS) is 13.2. The highest BCUT2D eigenvalue weighted by Crippen LogP contribution is 2.38. The zero-order valence-electron chi connectivity index (χ0n) is 18.6. The third-order valence-electron chi connectivity index (χ3n) is 4.49. The molecule has 0 spiro atoms. The van der Waals surface area contributed by atoms with Crippen molar-refractivity contribution in [2.75, 3.05) is 0 Å². The number of aliphatic hydroxyl groups is 1. The summed E-state index contributed by atoms with van der Waals surface area (Å²) in [6.07, 6.45) is 2.54. The van der Waals surface area contributed by atoms with E-state index in [0.717, 1.165) is 0 Å². The zero-order chi connectivity index (χ0) is 22.6. The quantitative estimate of drug-likeness (QED) is 0.265. The number of hydrogen-bond donors (Lipinski definition) is 1. The average molecular weight is 423 g/mol. The molecular weight excluding hydrogens is 390 g/mol. The molecule has 29 heavy (non-hydrogen) atoms. The molecule has 1 heterocycles. The van der Waals surface area contributed by atoms with Gasteiger partial charge in [0.25, 0.3) is 8.32 Å². The van der Waals surface area contributed by atoms with Gasteiger partial charge in [0.15, 0.2) is 4.98 Å². The van der Waals surface area contributed by atoms with Gasteiger partial charge in [0, 0.05) is 18.0 Å². The number of carbonyl (C=O) groups excluding carboxylic acids is 1. The summed E-state index contributed by atoms with van der Waals surface area (Å²) in [5.41, 5.74) is -0.279. The molecule has 8 nitrogen and oxygen atoms in total. The summed E-state index contributed by atoms with van der Waals surface area (Å²) >= 11 is 0. The lowest BCUT2D eigenvalue weighted by atomic mass is 10.2. The molecule has 0 fully saturated rings. The predicted molar refractivity (Wildman–Crippen MR) is 113 cm³/mol. The van der Waals surface area contributed by atoms with Crippen LogP contribution < -0.4 is 0 Å². The lowest BCUT2D eigenvalue weighted by Gasteiger charge is -2.35. The zero-order valence-corrected chi connectivity index (χ0v) is 19.6. The Bertz CT molecular complexity index is 836. The van der Waals surface area contributed by atoms with E-state index in [1.54, 1.807) is 26.8 Å². The Morgan fingerprint density at radius 2 is 1.86 bits per heavy atom. The van der Waals surface area contributed by atoms with Crippen LogP contribution in [0.3, 0.4) is 0 Å². The summed E-state index contributed by atoms with van der Waals surface area (Å²) in [6.45, 7) is 19.2. The lowest BCUT2D eigenvalue weighted by molar-refractivity contribution is 0.0536. The second kappa shape index (κ2) is 8.74. The highest BCUT2D eigenvalue weighted by Gasteiger charge is 2.42. The van der Waals surface area contributed by atoms with Crippen LogP contribution >= 0.6 is 0 Å². The van der Waals surface area contributed by atoms with Gasteiger partial charge in [-0.15, -0.1) is 0 Å². The molecule has 0 saturated heterocycles. The van der Waals surface area contributed by atoms with Gasteiger partial charge in [-0.2, -0.15) is 0 Å². The topological polar surface area (TPSA) is 98.1 Å². The first-order valence-corrected chi connectivity index (χ1v) is 12.2. The molecule has 0 bridgehead atoms. The standard InChI is InChI=1S/C20H31N3O5Si/c1-14(28-29(8,9)20(5,6)7)16(22-21)17(24)26-13-15-10-11-23(12-15)18(25)27-19(2,3)4/h10-12H,1,13H2,2-9H3/p+1/b17-16-. The summed E-state index contributed by atoms with van der Waals surface area (Å²) in [7, 11) is -2.24. The van der Waals surface area contributed by atoms with E-state index >= 15 is 0 Å². The predicted octanol–water partition coefficient (Wildman–Crippen LogP) is 5.90. The van der Waals surface area contributed by atoms with Crippen molar-refractivity contribution in [3.63, 3.8) is 0 Å². The van der Waals surface area contributed by atoms with Crippen molar-refractivity contribution in [1.29, 1.82) is 5.39 Å². The highest BCUT2D eigenvalue weighted by molar-refractivity contribution is 6.74. The van der Waals surface area contributed by atoms with Crippen LogP contribution in [0.1, 0.15) is 47.1 Å². The van der Waals surface area contributed by atoms with Crippen LogP contribution in [0.5, 0.6) is 0 Å². The first-order chi connectivity index (χ1) is 13.1. The Morgan fingerprint density at radius 1 is 1.28 bits per heavy atom. The third-order valence-corrected chi connectivity index (χ3v) is 8.85. The van der Waals surface area contributed by atoms with E-state index in [4.69, 9.17) is 13.9 Å². The monoisotopic (exact) mass is 422 g/mol. The molecule has 0 radical (unpaired) electrons. The van der Waals surface area contributed by atoms with Gasteiger partial charge in [-0.25, -0.2) is 4.79 Å². The summed E-state index contributed by atoms with van der Waals surface area (Å²) in [6, 6.07) is 1.65. The molecular formula is C20H32N3O5Si+. The summed E-state index contributed by atoms with van der Waals surface area (Å²) in [4.78, 5) is 15.1. The fourth-order valence-electron chi connectivity index (χ4n) is 1.90. The minimum atomic E-state index is -2.24. The van der Waals surface area contributed by atoms with Crippen molar-refractivity contribution in [1.82, 2.24) is 4.57 Å². The first-order valence-electron chi connectivity index (χ1n) is 9.27. The van der Waals surface area contributed by atoms with E-state index in [-0.39, 0.29) is 23.1 Å². The van der Waals surface area contributed by atoms with Crippen LogP contribution in [0.25, 0.3) is 4.98 Å². The van der Waals surface area contributed by atoms with E-state index in [1.165, 1.54) is 17.0 Å². The SMILES string of the molecule is C=C(O[Si](C)(C)C(C)(C)C)/C([N+]#N)=C(\O)OCc1ccn(C(=O)OC(C)(C)C)c1. The second-order valence-corrected chi connectivity index (χ2v) is 14.0. The fraction of sp³-hybridized carbons (Fsp3) is 0.550. The van der Waals surface area contributed by atoms with Gasteiger partial charge in [0.05, 0.1) is 0 Å². The van der Waals surface area contributed by atoms with Crippen LogP contribution in [0.15, 0.2) is 42.4 Å². The molecule has 0 saturated carbocycles. The Labute approximate surface area is 173 Å². The second-order valence-electron chi connectivity index (χ2n) is 9.24. The maximum atomic E-state index is 12.0. The molecule has 0 aliphatic carbocycles. The number of diazo groups is 1. The molecule has 1 N–H and O–H groups in total. The lowest BCUT2D eigenvalue weighted by Crippen LogP contribution is -2.40. The summed E-state index contributed by atoms with van der Waals surface area (Å²) < 4.78 is 17.8. The molecule has 0 atom stereocenters. The number of ether oxygens (including phenoxy) is 2. The molecule has 0 aliphatic rings. The number of nitrogens with zero attached hydrogens (tertiary/aromatic N) is 3. The van der Waals surface area contributed by atoms with Gasteiger partial charge in [-0.3, -0.25) is 4.57 Å². The highest BCUT2D eigenvalue weighted by atomic mass is 28.4. The van der Waals surface area contributed by atoms with Crippen LogP contribution in [0, 0.1) is 5.39 Å². The molecule has 0 unspecified atom stereocenters. The molecule has 0 amide bonds. The van der Waals surface area contributed by atoms with Crippen LogP contribution in [-0.4, -0.2) is 29.7 Å². The van der Waals surface area contributed by atoms with Gasteiger partial charge in [0.1, 0.15) is 12.2 Å². The first kappa shape index (κ1) is 24.3. The Morgan fingerprint density at radius 3 is 2.34 bits per heavy atom. The van der Waals surface area contributed by atoms with Gasteiger partial charge < -0.3 is 19.0 Å². The molecule has 9 heteroatoms. The van der Waals surface area contributed by atoms with Crippen LogP contribution in [0.4, 0.5) is 4.79 Å². The van der Waals surface area contributed by atoms with Gasteiger partial charge in [0.2, 0.25) is 11.2 Å². The number of carbonyl (C=O) groups is 1. The molecule has 1 aromatic heterocycles. The van der Waals surface area contributed by atoms with Gasteiger partial charge in [-0.05, 0) is 51.5 Å². The van der Waals surface area contributed by atoms with Crippen LogP contribution in [-0.2, 0) is 20.5 Å². The molecule has 1 aromatic rings. The van der Waals surface area contributed by atoms with E-state index in [2.05, 4.69) is 32.3 Å². The van der Waals surface area contributed by atoms with E-state index in [9.17, 15) is 15.3 Å². The Hall–Kier alpha value is -2.73. The van der Waals surface area contributed by atoms with Crippen LogP contribution in [0.2, 0.25) is 18.1 Å². The Kier molecular flexibility index (Phi) is 7.32. The number of hydrogen-bond acceptors (Lipinski definition) is 6. The smallest absolute Gasteiger partial charge is 0.503 e. The largest absolute Gasteiger partial charge is 0.538 e. The van der Waals surface area contributed by atoms with E-state index < -0.39 is 26.0 Å². The molecule has 1 rings (SSSR count). The van der Waals surface area contributed by atoms with Crippen molar-refractivity contribution < 1.29 is 23.8 Å². The fourth-order valence-corrected chi connectivity index (χ4v) is 2.92. The van der Waals surface area contributed by atoms with Gasteiger partial charge >= 0.3 is 17.7 Å². The van der Waals surface area contributed by atoms with Gasteiger partial charge in [-0.1, -0.05) is 20.8 Å². The maximum Gasteiger partial charge on any atom is 0.503 e. The number of aliphatic hydroxyl groups excluding tert-OH is 1.